The lowest BCUT2D eigenvalue weighted by Crippen LogP contribution is -2.51. The minimum Gasteiger partial charge on any atom is -0.380 e. The van der Waals surface area contributed by atoms with Crippen LogP contribution >= 0.6 is 11.3 Å². The monoisotopic (exact) mass is 490 g/mol. The third kappa shape index (κ3) is 4.81. The Labute approximate surface area is 202 Å². The Kier molecular flexibility index (Phi) is 6.34. The van der Waals surface area contributed by atoms with E-state index in [1.165, 1.54) is 23.8 Å². The van der Waals surface area contributed by atoms with E-state index in [0.29, 0.717) is 37.2 Å². The number of nitriles is 1. The van der Waals surface area contributed by atoms with Crippen molar-refractivity contribution in [1.82, 2.24) is 9.88 Å². The molecule has 3 aliphatic rings. The lowest BCUT2D eigenvalue weighted by molar-refractivity contribution is -0.137. The number of hydrogen-bond donors (Lipinski definition) is 0. The molecule has 3 heterocycles. The average Bonchev–Trinajstić information content (AvgIpc) is 3.42. The van der Waals surface area contributed by atoms with Crippen LogP contribution in [0.1, 0.15) is 41.0 Å². The van der Waals surface area contributed by atoms with Crippen molar-refractivity contribution >= 4 is 17.0 Å². The maximum atomic E-state index is 13.6. The molecule has 0 radical (unpaired) electrons. The van der Waals surface area contributed by atoms with Crippen LogP contribution < -0.4 is 4.90 Å². The third-order valence-electron chi connectivity index (χ3n) is 7.59. The van der Waals surface area contributed by atoms with Crippen LogP contribution in [0, 0.1) is 35.5 Å². The molecule has 1 aromatic heterocycles. The summed E-state index contributed by atoms with van der Waals surface area (Å²) in [5.74, 6) is 1.02. The van der Waals surface area contributed by atoms with Gasteiger partial charge in [-0.1, -0.05) is 0 Å². The van der Waals surface area contributed by atoms with E-state index in [1.807, 2.05) is 12.4 Å². The van der Waals surface area contributed by atoms with E-state index in [1.54, 1.807) is 23.5 Å². The van der Waals surface area contributed by atoms with Crippen LogP contribution in [0.3, 0.4) is 0 Å². The van der Waals surface area contributed by atoms with Crippen molar-refractivity contribution < 1.29 is 17.9 Å². The van der Waals surface area contributed by atoms with Gasteiger partial charge in [-0.15, -0.1) is 11.3 Å². The highest BCUT2D eigenvalue weighted by atomic mass is 32.1. The maximum Gasteiger partial charge on any atom is 0.417 e. The van der Waals surface area contributed by atoms with E-state index >= 15 is 0 Å². The van der Waals surface area contributed by atoms with E-state index in [4.69, 9.17) is 10.00 Å². The summed E-state index contributed by atoms with van der Waals surface area (Å²) < 4.78 is 47.0. The molecular weight excluding hydrogens is 461 g/mol. The number of benzene rings is 1. The average molecular weight is 491 g/mol. The summed E-state index contributed by atoms with van der Waals surface area (Å²) in [7, 11) is 0. The Hall–Kier alpha value is -2.15. The predicted octanol–water partition coefficient (Wildman–Crippen LogP) is 5.10. The number of likely N-dealkylation sites (tertiary alicyclic amines) is 1. The second-order valence-corrected chi connectivity index (χ2v) is 11.0. The topological polar surface area (TPSA) is 52.4 Å². The van der Waals surface area contributed by atoms with E-state index < -0.39 is 11.7 Å². The molecule has 0 amide bonds. The summed E-state index contributed by atoms with van der Waals surface area (Å²) >= 11 is 1.67. The fraction of sp³-hybridized carbons (Fsp3) is 0.600. The second-order valence-electron chi connectivity index (χ2n) is 10.1. The van der Waals surface area contributed by atoms with E-state index in [2.05, 4.69) is 14.8 Å². The van der Waals surface area contributed by atoms with Crippen LogP contribution in [-0.2, 0) is 17.5 Å². The number of halogens is 3. The van der Waals surface area contributed by atoms with Gasteiger partial charge in [-0.2, -0.15) is 18.4 Å². The molecular formula is C25H29F3N4OS. The van der Waals surface area contributed by atoms with Gasteiger partial charge in [-0.3, -0.25) is 4.90 Å². The molecule has 0 spiro atoms. The van der Waals surface area contributed by atoms with Gasteiger partial charge < -0.3 is 9.64 Å². The first-order valence-corrected chi connectivity index (χ1v) is 12.7. The number of hydrogen-bond acceptors (Lipinski definition) is 6. The summed E-state index contributed by atoms with van der Waals surface area (Å²) in [6, 6.07) is 5.79. The quantitative estimate of drug-likeness (QED) is 0.541. The molecule has 3 fully saturated rings. The first-order valence-electron chi connectivity index (χ1n) is 11.8. The molecule has 2 aromatic rings. The minimum atomic E-state index is -4.55. The van der Waals surface area contributed by atoms with Gasteiger partial charge in [0.1, 0.15) is 0 Å². The molecule has 1 aliphatic carbocycles. The summed E-state index contributed by atoms with van der Waals surface area (Å²) in [5, 5.41) is 9.16. The predicted molar refractivity (Wildman–Crippen MR) is 125 cm³/mol. The van der Waals surface area contributed by atoms with E-state index in [0.717, 1.165) is 44.4 Å². The zero-order chi connectivity index (χ0) is 23.9. The number of anilines is 1. The van der Waals surface area contributed by atoms with Crippen LogP contribution in [-0.4, -0.2) is 49.3 Å². The molecule has 5 nitrogen and oxygen atoms in total. The van der Waals surface area contributed by atoms with Crippen LogP contribution in [0.4, 0.5) is 18.9 Å². The Morgan fingerprint density at radius 2 is 2.09 bits per heavy atom. The van der Waals surface area contributed by atoms with Crippen molar-refractivity contribution in [2.45, 2.75) is 38.9 Å². The number of aryl methyl sites for hydroxylation is 1. The number of nitrogens with zero attached hydrogens (tertiary/aromatic N) is 4. The molecule has 34 heavy (non-hydrogen) atoms. The Morgan fingerprint density at radius 3 is 2.76 bits per heavy atom. The largest absolute Gasteiger partial charge is 0.417 e. The highest BCUT2D eigenvalue weighted by Gasteiger charge is 2.50. The number of thiazole rings is 1. The number of piperidine rings is 1. The van der Waals surface area contributed by atoms with Gasteiger partial charge in [0.25, 0.3) is 0 Å². The first kappa shape index (κ1) is 23.6. The number of ether oxygens (including phenoxy) is 1. The van der Waals surface area contributed by atoms with Gasteiger partial charge in [0, 0.05) is 48.8 Å². The second kappa shape index (κ2) is 9.14. The number of aromatic nitrogens is 1. The Balaban J connectivity index is 1.38. The number of rotatable bonds is 7. The highest BCUT2D eigenvalue weighted by molar-refractivity contribution is 7.09. The molecule has 2 atom stereocenters. The van der Waals surface area contributed by atoms with Crippen molar-refractivity contribution in [2.75, 3.05) is 44.3 Å². The first-order chi connectivity index (χ1) is 16.3. The summed E-state index contributed by atoms with van der Waals surface area (Å²) in [6.45, 7) is 7.48. The van der Waals surface area contributed by atoms with Crippen molar-refractivity contribution in [3.8, 4) is 6.07 Å². The normalized spacial score (nSPS) is 25.4. The van der Waals surface area contributed by atoms with Crippen molar-refractivity contribution in [3.63, 3.8) is 0 Å². The molecule has 2 saturated heterocycles. The molecule has 2 aliphatic heterocycles. The molecule has 9 heteroatoms. The van der Waals surface area contributed by atoms with Gasteiger partial charge in [0.15, 0.2) is 0 Å². The minimum absolute atomic E-state index is 0.127. The van der Waals surface area contributed by atoms with Crippen LogP contribution in [0.15, 0.2) is 23.7 Å². The maximum absolute atomic E-state index is 13.6. The Bertz CT molecular complexity index is 1080. The number of fused-ring (bicyclic) bond motifs is 1. The molecule has 0 N–H and O–H groups in total. The standard InChI is InChI=1S/C25H29F3N4OS/c1-17-23(34-16-30-17)11-31-7-6-20-10-32(14-24(20,13-31)15-33-12-18-2-3-18)21-5-4-19(9-29)22(8-21)25(26,27)28/h4-5,8,16,18,20H,2-3,6-7,10-15H2,1H3/t20-,24+/m0/s1. The van der Waals surface area contributed by atoms with Gasteiger partial charge in [0.2, 0.25) is 0 Å². The SMILES string of the molecule is Cc1ncsc1CN1CC[C@H]2CN(c3ccc(C#N)c(C(F)(F)F)c3)C[C@@]2(COCC2CC2)C1. The number of alkyl halides is 3. The van der Waals surface area contributed by atoms with E-state index in [9.17, 15) is 13.2 Å². The zero-order valence-corrected chi connectivity index (χ0v) is 20.1. The molecule has 182 valence electrons. The fourth-order valence-electron chi connectivity index (χ4n) is 5.47. The molecule has 0 bridgehead atoms. The van der Waals surface area contributed by atoms with Gasteiger partial charge >= 0.3 is 6.18 Å². The molecule has 1 aromatic carbocycles. The summed E-state index contributed by atoms with van der Waals surface area (Å²) in [5.41, 5.74) is 2.17. The van der Waals surface area contributed by atoms with Gasteiger partial charge in [-0.25, -0.2) is 4.98 Å². The molecule has 1 saturated carbocycles. The van der Waals surface area contributed by atoms with Gasteiger partial charge in [-0.05, 0) is 62.8 Å². The van der Waals surface area contributed by atoms with Crippen molar-refractivity contribution in [2.24, 2.45) is 17.3 Å². The summed E-state index contributed by atoms with van der Waals surface area (Å²) in [4.78, 5) is 10.2. The molecule has 5 rings (SSSR count). The zero-order valence-electron chi connectivity index (χ0n) is 19.3. The van der Waals surface area contributed by atoms with Crippen molar-refractivity contribution in [1.29, 1.82) is 5.26 Å². The lowest BCUT2D eigenvalue weighted by atomic mass is 9.74. The Morgan fingerprint density at radius 1 is 1.26 bits per heavy atom. The van der Waals surface area contributed by atoms with Gasteiger partial charge in [0.05, 0.1) is 35.0 Å². The lowest BCUT2D eigenvalue weighted by Gasteiger charge is -2.44. The van der Waals surface area contributed by atoms with Crippen molar-refractivity contribution in [3.05, 3.63) is 45.4 Å². The summed E-state index contributed by atoms with van der Waals surface area (Å²) in [6.07, 6.45) is -1.11. The van der Waals surface area contributed by atoms with Crippen LogP contribution in [0.2, 0.25) is 0 Å². The third-order valence-corrected chi connectivity index (χ3v) is 8.51. The van der Waals surface area contributed by atoms with Crippen LogP contribution in [0.25, 0.3) is 0 Å². The highest BCUT2D eigenvalue weighted by Crippen LogP contribution is 2.46. The van der Waals surface area contributed by atoms with Crippen LogP contribution in [0.5, 0.6) is 0 Å². The fourth-order valence-corrected chi connectivity index (χ4v) is 6.29. The smallest absolute Gasteiger partial charge is 0.380 e. The molecule has 0 unspecified atom stereocenters. The van der Waals surface area contributed by atoms with E-state index in [-0.39, 0.29) is 11.0 Å².